The highest BCUT2D eigenvalue weighted by atomic mass is 19.1. The van der Waals surface area contributed by atoms with Gasteiger partial charge in [0.05, 0.1) is 11.7 Å². The van der Waals surface area contributed by atoms with Crippen molar-refractivity contribution >= 4 is 5.82 Å². The monoisotopic (exact) mass is 319 g/mol. The van der Waals surface area contributed by atoms with Crippen molar-refractivity contribution in [3.63, 3.8) is 0 Å². The van der Waals surface area contributed by atoms with Crippen molar-refractivity contribution in [1.82, 2.24) is 19.5 Å². The van der Waals surface area contributed by atoms with Gasteiger partial charge in [0, 0.05) is 32.7 Å². The zero-order chi connectivity index (χ0) is 16.2. The highest BCUT2D eigenvalue weighted by Crippen LogP contribution is 2.32. The van der Waals surface area contributed by atoms with Crippen molar-refractivity contribution in [3.05, 3.63) is 36.1 Å². The maximum absolute atomic E-state index is 14.5. The Morgan fingerprint density at radius 1 is 1.35 bits per heavy atom. The summed E-state index contributed by atoms with van der Waals surface area (Å²) >= 11 is 0. The molecule has 0 radical (unpaired) electrons. The fourth-order valence-electron chi connectivity index (χ4n) is 3.02. The summed E-state index contributed by atoms with van der Waals surface area (Å²) in [6, 6.07) is -0.104. The Morgan fingerprint density at radius 3 is 2.78 bits per heavy atom. The molecule has 0 spiro atoms. The van der Waals surface area contributed by atoms with Crippen molar-refractivity contribution in [2.45, 2.75) is 32.2 Å². The molecule has 0 bridgehead atoms. The summed E-state index contributed by atoms with van der Waals surface area (Å²) < 4.78 is 21.9. The van der Waals surface area contributed by atoms with Crippen LogP contribution in [-0.4, -0.2) is 32.7 Å². The summed E-state index contributed by atoms with van der Waals surface area (Å²) in [6.45, 7) is 3.32. The molecule has 0 aromatic carbocycles. The van der Waals surface area contributed by atoms with Crippen LogP contribution in [0.3, 0.4) is 0 Å². The van der Waals surface area contributed by atoms with Crippen LogP contribution in [-0.2, 0) is 18.2 Å². The molecule has 2 aromatic rings. The Kier molecular flexibility index (Phi) is 4.85. The Hall–Kier alpha value is -2.02. The van der Waals surface area contributed by atoms with Crippen LogP contribution in [0.2, 0.25) is 0 Å². The van der Waals surface area contributed by atoms with E-state index in [1.807, 2.05) is 24.7 Å². The molecule has 6 nitrogen and oxygen atoms in total. The fraction of sp³-hybridized carbons (Fsp3) is 0.562. The number of anilines is 1. The highest BCUT2D eigenvalue weighted by Gasteiger charge is 2.29. The molecule has 7 heteroatoms. The zero-order valence-corrected chi connectivity index (χ0v) is 13.5. The Balaban J connectivity index is 1.91. The number of imidazole rings is 1. The second-order valence-electron chi connectivity index (χ2n) is 5.80. The van der Waals surface area contributed by atoms with E-state index in [4.69, 9.17) is 4.74 Å². The number of aromatic nitrogens is 4. The molecule has 0 amide bonds. The molecule has 1 aliphatic heterocycles. The van der Waals surface area contributed by atoms with Crippen LogP contribution in [0.4, 0.5) is 10.2 Å². The van der Waals surface area contributed by atoms with Crippen LogP contribution in [0.5, 0.6) is 0 Å². The third-order valence-corrected chi connectivity index (χ3v) is 4.36. The molecular formula is C16H22FN5O. The maximum atomic E-state index is 14.5. The summed E-state index contributed by atoms with van der Waals surface area (Å²) in [6.07, 6.45) is 7.43. The Labute approximate surface area is 135 Å². The molecule has 1 fully saturated rings. The zero-order valence-electron chi connectivity index (χ0n) is 13.5. The highest BCUT2D eigenvalue weighted by molar-refractivity contribution is 5.39. The SMILES string of the molecule is CCc1ncnc(NC(c2nccn2C)C2CCOCC2)c1F. The first-order chi connectivity index (χ1) is 11.2. The Morgan fingerprint density at radius 2 is 2.13 bits per heavy atom. The number of aryl methyl sites for hydroxylation is 2. The lowest BCUT2D eigenvalue weighted by Gasteiger charge is -2.31. The first kappa shape index (κ1) is 15.9. The van der Waals surface area contributed by atoms with Crippen molar-refractivity contribution in [3.8, 4) is 0 Å². The van der Waals surface area contributed by atoms with E-state index in [9.17, 15) is 4.39 Å². The van der Waals surface area contributed by atoms with E-state index in [0.29, 0.717) is 18.0 Å². The minimum absolute atomic E-state index is 0.104. The summed E-state index contributed by atoms with van der Waals surface area (Å²) in [4.78, 5) is 12.5. The van der Waals surface area contributed by atoms with Crippen LogP contribution in [0.15, 0.2) is 18.7 Å². The van der Waals surface area contributed by atoms with Crippen LogP contribution in [0.25, 0.3) is 0 Å². The summed E-state index contributed by atoms with van der Waals surface area (Å²) in [7, 11) is 1.95. The van der Waals surface area contributed by atoms with Gasteiger partial charge in [-0.15, -0.1) is 0 Å². The average Bonchev–Trinajstić information content (AvgIpc) is 3.00. The molecular weight excluding hydrogens is 297 g/mol. The molecule has 23 heavy (non-hydrogen) atoms. The predicted octanol–water partition coefficient (Wildman–Crippen LogP) is 2.49. The predicted molar refractivity (Wildman–Crippen MR) is 84.5 cm³/mol. The molecule has 1 aliphatic rings. The number of hydrogen-bond donors (Lipinski definition) is 1. The van der Waals surface area contributed by atoms with Crippen LogP contribution >= 0.6 is 0 Å². The van der Waals surface area contributed by atoms with Gasteiger partial charge in [-0.3, -0.25) is 0 Å². The topological polar surface area (TPSA) is 64.9 Å². The molecule has 1 N–H and O–H groups in total. The van der Waals surface area contributed by atoms with Gasteiger partial charge in [-0.05, 0) is 25.2 Å². The van der Waals surface area contributed by atoms with Crippen LogP contribution in [0, 0.1) is 11.7 Å². The van der Waals surface area contributed by atoms with Gasteiger partial charge in [-0.1, -0.05) is 6.92 Å². The van der Waals surface area contributed by atoms with E-state index in [1.54, 1.807) is 6.20 Å². The summed E-state index contributed by atoms with van der Waals surface area (Å²) in [5.41, 5.74) is 0.424. The number of hydrogen-bond acceptors (Lipinski definition) is 5. The van der Waals surface area contributed by atoms with Crippen LogP contribution < -0.4 is 5.32 Å². The number of halogens is 1. The third kappa shape index (κ3) is 3.34. The van der Waals surface area contributed by atoms with Gasteiger partial charge in [0.25, 0.3) is 0 Å². The van der Waals surface area contributed by atoms with Gasteiger partial charge < -0.3 is 14.6 Å². The van der Waals surface area contributed by atoms with E-state index < -0.39 is 0 Å². The molecule has 0 saturated carbocycles. The van der Waals surface area contributed by atoms with E-state index in [1.165, 1.54) is 6.33 Å². The molecule has 3 heterocycles. The average molecular weight is 319 g/mol. The molecule has 3 rings (SSSR count). The van der Waals surface area contributed by atoms with E-state index in [-0.39, 0.29) is 17.7 Å². The summed E-state index contributed by atoms with van der Waals surface area (Å²) in [5, 5.41) is 3.27. The Bertz CT molecular complexity index is 654. The molecule has 2 aromatic heterocycles. The van der Waals surface area contributed by atoms with E-state index in [0.717, 1.165) is 31.9 Å². The lowest BCUT2D eigenvalue weighted by Crippen LogP contribution is -2.29. The van der Waals surface area contributed by atoms with E-state index >= 15 is 0 Å². The fourth-order valence-corrected chi connectivity index (χ4v) is 3.02. The first-order valence-electron chi connectivity index (χ1n) is 8.01. The third-order valence-electron chi connectivity index (χ3n) is 4.36. The minimum Gasteiger partial charge on any atom is -0.381 e. The van der Waals surface area contributed by atoms with Gasteiger partial charge in [0.2, 0.25) is 0 Å². The van der Waals surface area contributed by atoms with Crippen molar-refractivity contribution in [1.29, 1.82) is 0 Å². The second kappa shape index (κ2) is 7.04. The van der Waals surface area contributed by atoms with Crippen molar-refractivity contribution in [2.24, 2.45) is 13.0 Å². The standard InChI is InChI=1S/C16H22FN5O/c1-3-12-13(17)15(20-10-19-12)21-14(11-4-8-23-9-5-11)16-18-6-7-22(16)2/h6-7,10-11,14H,3-5,8-9H2,1-2H3,(H,19,20,21). The molecule has 1 unspecified atom stereocenters. The molecule has 1 atom stereocenters. The normalized spacial score (nSPS) is 17.2. The van der Waals surface area contributed by atoms with Gasteiger partial charge in [0.1, 0.15) is 12.2 Å². The number of rotatable bonds is 5. The lowest BCUT2D eigenvalue weighted by molar-refractivity contribution is 0.0593. The quantitative estimate of drug-likeness (QED) is 0.917. The number of nitrogens with zero attached hydrogens (tertiary/aromatic N) is 4. The molecule has 124 valence electrons. The lowest BCUT2D eigenvalue weighted by atomic mass is 9.91. The smallest absolute Gasteiger partial charge is 0.186 e. The van der Waals surface area contributed by atoms with Crippen molar-refractivity contribution in [2.75, 3.05) is 18.5 Å². The largest absolute Gasteiger partial charge is 0.381 e. The van der Waals surface area contributed by atoms with Gasteiger partial charge in [0.15, 0.2) is 11.6 Å². The van der Waals surface area contributed by atoms with Crippen molar-refractivity contribution < 1.29 is 9.13 Å². The van der Waals surface area contributed by atoms with Gasteiger partial charge >= 0.3 is 0 Å². The molecule has 1 saturated heterocycles. The number of nitrogens with one attached hydrogen (secondary N) is 1. The minimum atomic E-state index is -0.374. The van der Waals surface area contributed by atoms with Gasteiger partial charge in [-0.2, -0.15) is 0 Å². The van der Waals surface area contributed by atoms with Crippen LogP contribution in [0.1, 0.15) is 37.3 Å². The maximum Gasteiger partial charge on any atom is 0.186 e. The van der Waals surface area contributed by atoms with Gasteiger partial charge in [-0.25, -0.2) is 19.3 Å². The second-order valence-corrected chi connectivity index (χ2v) is 5.80. The number of ether oxygens (including phenoxy) is 1. The molecule has 0 aliphatic carbocycles. The van der Waals surface area contributed by atoms with E-state index in [2.05, 4.69) is 20.3 Å². The first-order valence-corrected chi connectivity index (χ1v) is 8.01. The summed E-state index contributed by atoms with van der Waals surface area (Å²) in [5.74, 6) is 1.08.